The van der Waals surface area contributed by atoms with Gasteiger partial charge >= 0.3 is 0 Å². The zero-order valence-corrected chi connectivity index (χ0v) is 11.8. The first kappa shape index (κ1) is 12.9. The molecule has 2 N–H and O–H groups in total. The third kappa shape index (κ3) is 2.37. The highest BCUT2D eigenvalue weighted by molar-refractivity contribution is 5.45. The zero-order chi connectivity index (χ0) is 13.5. The van der Waals surface area contributed by atoms with E-state index in [0.717, 1.165) is 38.4 Å². The van der Waals surface area contributed by atoms with Crippen LogP contribution in [0.4, 0.5) is 0 Å². The quantitative estimate of drug-likeness (QED) is 0.890. The van der Waals surface area contributed by atoms with Crippen LogP contribution >= 0.6 is 0 Å². The normalized spacial score (nSPS) is 23.7. The SMILES string of the molecule is CC1(C)COc2ccc(C(N)C3CCOCC3)cc21. The van der Waals surface area contributed by atoms with Crippen molar-refractivity contribution in [2.24, 2.45) is 11.7 Å². The fourth-order valence-corrected chi connectivity index (χ4v) is 3.09. The van der Waals surface area contributed by atoms with Crippen molar-refractivity contribution in [1.82, 2.24) is 0 Å². The Hall–Kier alpha value is -1.06. The summed E-state index contributed by atoms with van der Waals surface area (Å²) >= 11 is 0. The van der Waals surface area contributed by atoms with Crippen LogP contribution in [-0.4, -0.2) is 19.8 Å². The monoisotopic (exact) mass is 261 g/mol. The van der Waals surface area contributed by atoms with E-state index in [2.05, 4.69) is 32.0 Å². The van der Waals surface area contributed by atoms with Gasteiger partial charge in [0, 0.05) is 30.2 Å². The van der Waals surface area contributed by atoms with Crippen molar-refractivity contribution in [3.63, 3.8) is 0 Å². The Kier molecular flexibility index (Phi) is 3.27. The molecule has 0 amide bonds. The van der Waals surface area contributed by atoms with E-state index < -0.39 is 0 Å². The summed E-state index contributed by atoms with van der Waals surface area (Å²) in [6.45, 7) is 6.90. The first-order valence-corrected chi connectivity index (χ1v) is 7.18. The van der Waals surface area contributed by atoms with Gasteiger partial charge in [-0.25, -0.2) is 0 Å². The molecule has 1 aromatic carbocycles. The summed E-state index contributed by atoms with van der Waals surface area (Å²) in [6.07, 6.45) is 2.14. The van der Waals surface area contributed by atoms with E-state index in [-0.39, 0.29) is 11.5 Å². The molecule has 0 aliphatic carbocycles. The Labute approximate surface area is 115 Å². The van der Waals surface area contributed by atoms with Crippen LogP contribution < -0.4 is 10.5 Å². The molecule has 3 heteroatoms. The Morgan fingerprint density at radius 3 is 2.74 bits per heavy atom. The van der Waals surface area contributed by atoms with Gasteiger partial charge in [-0.2, -0.15) is 0 Å². The molecule has 0 bridgehead atoms. The van der Waals surface area contributed by atoms with Crippen LogP contribution in [0.3, 0.4) is 0 Å². The molecule has 0 saturated carbocycles. The fourth-order valence-electron chi connectivity index (χ4n) is 3.09. The van der Waals surface area contributed by atoms with Crippen molar-refractivity contribution >= 4 is 0 Å². The highest BCUT2D eigenvalue weighted by Gasteiger charge is 2.33. The molecule has 2 heterocycles. The van der Waals surface area contributed by atoms with Gasteiger partial charge in [-0.15, -0.1) is 0 Å². The van der Waals surface area contributed by atoms with Gasteiger partial charge in [0.15, 0.2) is 0 Å². The predicted octanol–water partition coefficient (Wildman–Crippen LogP) is 2.78. The number of hydrogen-bond acceptors (Lipinski definition) is 3. The van der Waals surface area contributed by atoms with Gasteiger partial charge in [0.25, 0.3) is 0 Å². The van der Waals surface area contributed by atoms with Gasteiger partial charge in [-0.05, 0) is 36.5 Å². The Balaban J connectivity index is 1.85. The van der Waals surface area contributed by atoms with Crippen molar-refractivity contribution < 1.29 is 9.47 Å². The molecule has 3 rings (SSSR count). The van der Waals surface area contributed by atoms with E-state index in [0.29, 0.717) is 5.92 Å². The number of nitrogens with two attached hydrogens (primary N) is 1. The lowest BCUT2D eigenvalue weighted by Gasteiger charge is -2.28. The summed E-state index contributed by atoms with van der Waals surface area (Å²) in [5.41, 5.74) is 9.09. The summed E-state index contributed by atoms with van der Waals surface area (Å²) in [6, 6.07) is 6.58. The average molecular weight is 261 g/mol. The summed E-state index contributed by atoms with van der Waals surface area (Å²) in [4.78, 5) is 0. The number of benzene rings is 1. The van der Waals surface area contributed by atoms with Crippen LogP contribution in [0.1, 0.15) is 43.9 Å². The van der Waals surface area contributed by atoms with E-state index >= 15 is 0 Å². The van der Waals surface area contributed by atoms with Gasteiger partial charge in [0.1, 0.15) is 5.75 Å². The summed E-state index contributed by atoms with van der Waals surface area (Å²) < 4.78 is 11.2. The predicted molar refractivity (Wildman–Crippen MR) is 75.4 cm³/mol. The Morgan fingerprint density at radius 1 is 1.26 bits per heavy atom. The van der Waals surface area contributed by atoms with Crippen molar-refractivity contribution in [3.05, 3.63) is 29.3 Å². The highest BCUT2D eigenvalue weighted by atomic mass is 16.5. The molecule has 2 aliphatic rings. The maximum absolute atomic E-state index is 6.46. The lowest BCUT2D eigenvalue weighted by Crippen LogP contribution is -2.27. The second kappa shape index (κ2) is 4.80. The maximum atomic E-state index is 6.46. The van der Waals surface area contributed by atoms with Gasteiger partial charge in [-0.1, -0.05) is 19.9 Å². The molecule has 1 saturated heterocycles. The van der Waals surface area contributed by atoms with Crippen molar-refractivity contribution in [2.75, 3.05) is 19.8 Å². The van der Waals surface area contributed by atoms with Crippen LogP contribution in [-0.2, 0) is 10.2 Å². The summed E-state index contributed by atoms with van der Waals surface area (Å²) in [5.74, 6) is 1.56. The minimum Gasteiger partial charge on any atom is -0.492 e. The first-order chi connectivity index (χ1) is 9.08. The number of hydrogen-bond donors (Lipinski definition) is 1. The van der Waals surface area contributed by atoms with E-state index in [9.17, 15) is 0 Å². The molecule has 1 fully saturated rings. The minimum absolute atomic E-state index is 0.0980. The summed E-state index contributed by atoms with van der Waals surface area (Å²) in [5, 5.41) is 0. The number of fused-ring (bicyclic) bond motifs is 1. The molecule has 1 unspecified atom stereocenters. The standard InChI is InChI=1S/C16H23NO2/c1-16(2)10-19-14-4-3-12(9-13(14)16)15(17)11-5-7-18-8-6-11/h3-4,9,11,15H,5-8,10,17H2,1-2H3. The Morgan fingerprint density at radius 2 is 2.00 bits per heavy atom. The number of ether oxygens (including phenoxy) is 2. The zero-order valence-electron chi connectivity index (χ0n) is 11.8. The third-order valence-corrected chi connectivity index (χ3v) is 4.48. The molecular weight excluding hydrogens is 238 g/mol. The first-order valence-electron chi connectivity index (χ1n) is 7.18. The molecule has 2 aliphatic heterocycles. The van der Waals surface area contributed by atoms with Gasteiger partial charge in [-0.3, -0.25) is 0 Å². The third-order valence-electron chi connectivity index (χ3n) is 4.48. The van der Waals surface area contributed by atoms with Gasteiger partial charge < -0.3 is 15.2 Å². The second-order valence-corrected chi connectivity index (χ2v) is 6.40. The van der Waals surface area contributed by atoms with E-state index in [1.807, 2.05) is 0 Å². The van der Waals surface area contributed by atoms with Crippen LogP contribution in [0.15, 0.2) is 18.2 Å². The van der Waals surface area contributed by atoms with Gasteiger partial charge in [0.2, 0.25) is 0 Å². The van der Waals surface area contributed by atoms with Crippen LogP contribution in [0.5, 0.6) is 5.75 Å². The molecule has 0 aromatic heterocycles. The van der Waals surface area contributed by atoms with E-state index in [1.54, 1.807) is 0 Å². The molecule has 3 nitrogen and oxygen atoms in total. The highest BCUT2D eigenvalue weighted by Crippen LogP contribution is 2.40. The smallest absolute Gasteiger partial charge is 0.123 e. The lowest BCUT2D eigenvalue weighted by atomic mass is 9.82. The van der Waals surface area contributed by atoms with Crippen molar-refractivity contribution in [3.8, 4) is 5.75 Å². The average Bonchev–Trinajstić information content (AvgIpc) is 2.74. The summed E-state index contributed by atoms with van der Waals surface area (Å²) in [7, 11) is 0. The molecule has 0 radical (unpaired) electrons. The molecule has 19 heavy (non-hydrogen) atoms. The topological polar surface area (TPSA) is 44.5 Å². The van der Waals surface area contributed by atoms with E-state index in [1.165, 1.54) is 11.1 Å². The van der Waals surface area contributed by atoms with Crippen molar-refractivity contribution in [1.29, 1.82) is 0 Å². The van der Waals surface area contributed by atoms with Crippen LogP contribution in [0, 0.1) is 5.92 Å². The molecule has 0 spiro atoms. The molecule has 1 atom stereocenters. The second-order valence-electron chi connectivity index (χ2n) is 6.40. The van der Waals surface area contributed by atoms with Crippen LogP contribution in [0.2, 0.25) is 0 Å². The Bertz CT molecular complexity index is 464. The van der Waals surface area contributed by atoms with E-state index in [4.69, 9.17) is 15.2 Å². The van der Waals surface area contributed by atoms with Crippen LogP contribution in [0.25, 0.3) is 0 Å². The maximum Gasteiger partial charge on any atom is 0.123 e. The lowest BCUT2D eigenvalue weighted by molar-refractivity contribution is 0.0583. The van der Waals surface area contributed by atoms with Gasteiger partial charge in [0.05, 0.1) is 6.61 Å². The van der Waals surface area contributed by atoms with Crippen molar-refractivity contribution in [2.45, 2.75) is 38.1 Å². The molecule has 104 valence electrons. The fraction of sp³-hybridized carbons (Fsp3) is 0.625. The molecular formula is C16H23NO2. The number of rotatable bonds is 2. The molecule has 1 aromatic rings. The largest absolute Gasteiger partial charge is 0.492 e. The minimum atomic E-state index is 0.0980.